The lowest BCUT2D eigenvalue weighted by atomic mass is 9.85. The zero-order valence-electron chi connectivity index (χ0n) is 20.4. The van der Waals surface area contributed by atoms with Gasteiger partial charge in [-0.2, -0.15) is 4.52 Å². The van der Waals surface area contributed by atoms with Gasteiger partial charge in [-0.25, -0.2) is 9.97 Å². The standard InChI is InChI=1S/C26H33N7O2/c1-31(2)15-12-27-25-28-18-21(24-29-23(30-33(24)25)22-9-6-16-35-22)19-32-13-10-26(34,11-14-32)17-20-7-4-3-5-8-20/h3-9,16,18,34H,10-15,17,19H2,1-2H3,(H,27,28). The average molecular weight is 476 g/mol. The zero-order valence-corrected chi connectivity index (χ0v) is 20.4. The largest absolute Gasteiger partial charge is 0.461 e. The number of rotatable bonds is 9. The molecule has 3 aromatic heterocycles. The zero-order chi connectivity index (χ0) is 24.3. The molecule has 0 unspecified atom stereocenters. The van der Waals surface area contributed by atoms with E-state index in [0.717, 1.165) is 50.2 Å². The lowest BCUT2D eigenvalue weighted by molar-refractivity contribution is -0.0224. The number of benzene rings is 1. The fraction of sp³-hybridized carbons (Fsp3) is 0.423. The number of anilines is 1. The van der Waals surface area contributed by atoms with E-state index in [1.165, 1.54) is 5.56 Å². The number of likely N-dealkylation sites (N-methyl/N-ethyl adjacent to an activating group) is 1. The minimum Gasteiger partial charge on any atom is -0.461 e. The number of hydrogen-bond donors (Lipinski definition) is 2. The topological polar surface area (TPSA) is 95.0 Å². The van der Waals surface area contributed by atoms with Gasteiger partial charge >= 0.3 is 0 Å². The van der Waals surface area contributed by atoms with Crippen LogP contribution in [-0.2, 0) is 13.0 Å². The molecular weight excluding hydrogens is 442 g/mol. The second kappa shape index (κ2) is 10.2. The second-order valence-electron chi connectivity index (χ2n) is 9.65. The third kappa shape index (κ3) is 5.53. The van der Waals surface area contributed by atoms with Gasteiger partial charge < -0.3 is 19.7 Å². The first kappa shape index (κ1) is 23.5. The van der Waals surface area contributed by atoms with E-state index >= 15 is 0 Å². The van der Waals surface area contributed by atoms with Crippen LogP contribution in [0.2, 0.25) is 0 Å². The van der Waals surface area contributed by atoms with E-state index in [9.17, 15) is 5.11 Å². The monoisotopic (exact) mass is 475 g/mol. The maximum Gasteiger partial charge on any atom is 0.225 e. The number of nitrogens with one attached hydrogen (secondary N) is 1. The molecule has 0 amide bonds. The SMILES string of the molecule is CN(C)CCNc1ncc(CN2CCC(O)(Cc3ccccc3)CC2)c2nc(-c3ccco3)nn12. The molecule has 0 bridgehead atoms. The summed E-state index contributed by atoms with van der Waals surface area (Å²) in [6.07, 6.45) is 5.68. The summed E-state index contributed by atoms with van der Waals surface area (Å²) in [6, 6.07) is 13.9. The van der Waals surface area contributed by atoms with Crippen LogP contribution >= 0.6 is 0 Å². The molecule has 4 heterocycles. The van der Waals surface area contributed by atoms with Gasteiger partial charge in [-0.15, -0.1) is 5.10 Å². The average Bonchev–Trinajstić information content (AvgIpc) is 3.53. The highest BCUT2D eigenvalue weighted by atomic mass is 16.3. The Labute approximate surface area is 205 Å². The Hall–Kier alpha value is -3.27. The van der Waals surface area contributed by atoms with Crippen molar-refractivity contribution in [3.05, 3.63) is 66.1 Å². The molecule has 0 spiro atoms. The minimum atomic E-state index is -0.660. The molecule has 0 aliphatic carbocycles. The Balaban J connectivity index is 1.32. The molecule has 4 aromatic rings. The maximum absolute atomic E-state index is 11.2. The molecule has 1 aromatic carbocycles. The number of nitrogens with zero attached hydrogens (tertiary/aromatic N) is 6. The van der Waals surface area contributed by atoms with E-state index < -0.39 is 5.60 Å². The quantitative estimate of drug-likeness (QED) is 0.382. The molecule has 1 aliphatic heterocycles. The number of likely N-dealkylation sites (tertiary alicyclic amines) is 1. The Bertz CT molecular complexity index is 1230. The van der Waals surface area contributed by atoms with Gasteiger partial charge in [0, 0.05) is 50.9 Å². The third-order valence-corrected chi connectivity index (χ3v) is 6.58. The second-order valence-corrected chi connectivity index (χ2v) is 9.65. The first-order valence-corrected chi connectivity index (χ1v) is 12.1. The van der Waals surface area contributed by atoms with Crippen molar-refractivity contribution in [2.75, 3.05) is 45.6 Å². The molecule has 184 valence electrons. The van der Waals surface area contributed by atoms with Crippen LogP contribution in [-0.4, -0.2) is 80.4 Å². The number of furan rings is 1. The number of fused-ring (bicyclic) bond motifs is 1. The summed E-state index contributed by atoms with van der Waals surface area (Å²) in [4.78, 5) is 13.9. The van der Waals surface area contributed by atoms with Gasteiger partial charge in [-0.05, 0) is 44.6 Å². The van der Waals surface area contributed by atoms with E-state index in [0.29, 0.717) is 30.5 Å². The number of hydrogen-bond acceptors (Lipinski definition) is 8. The van der Waals surface area contributed by atoms with Crippen molar-refractivity contribution in [3.63, 3.8) is 0 Å². The molecule has 2 N–H and O–H groups in total. The first-order chi connectivity index (χ1) is 17.0. The highest BCUT2D eigenvalue weighted by Crippen LogP contribution is 2.28. The first-order valence-electron chi connectivity index (χ1n) is 12.1. The Morgan fingerprint density at radius 1 is 1.11 bits per heavy atom. The summed E-state index contributed by atoms with van der Waals surface area (Å²) >= 11 is 0. The summed E-state index contributed by atoms with van der Waals surface area (Å²) < 4.78 is 7.32. The number of aromatic nitrogens is 4. The normalized spacial score (nSPS) is 16.2. The van der Waals surface area contributed by atoms with Gasteiger partial charge in [-0.1, -0.05) is 30.3 Å². The summed E-state index contributed by atoms with van der Waals surface area (Å²) in [5.41, 5.74) is 2.29. The maximum atomic E-state index is 11.2. The summed E-state index contributed by atoms with van der Waals surface area (Å²) in [6.45, 7) is 3.96. The van der Waals surface area contributed by atoms with E-state index in [4.69, 9.17) is 14.5 Å². The van der Waals surface area contributed by atoms with Crippen molar-refractivity contribution in [3.8, 4) is 11.6 Å². The van der Waals surface area contributed by atoms with Crippen molar-refractivity contribution in [2.24, 2.45) is 0 Å². The van der Waals surface area contributed by atoms with Crippen LogP contribution in [0.3, 0.4) is 0 Å². The van der Waals surface area contributed by atoms with Crippen LogP contribution in [0.4, 0.5) is 5.95 Å². The Morgan fingerprint density at radius 2 is 1.91 bits per heavy atom. The lowest BCUT2D eigenvalue weighted by Crippen LogP contribution is -2.45. The molecule has 1 saturated heterocycles. The van der Waals surface area contributed by atoms with Gasteiger partial charge in [0.05, 0.1) is 11.9 Å². The highest BCUT2D eigenvalue weighted by molar-refractivity contribution is 5.58. The van der Waals surface area contributed by atoms with E-state index in [-0.39, 0.29) is 0 Å². The van der Waals surface area contributed by atoms with Gasteiger partial charge in [0.15, 0.2) is 11.4 Å². The van der Waals surface area contributed by atoms with Crippen LogP contribution in [0, 0.1) is 0 Å². The third-order valence-electron chi connectivity index (χ3n) is 6.58. The van der Waals surface area contributed by atoms with Crippen molar-refractivity contribution >= 4 is 11.6 Å². The molecule has 0 atom stereocenters. The molecule has 5 rings (SSSR count). The van der Waals surface area contributed by atoms with Gasteiger partial charge in [-0.3, -0.25) is 4.90 Å². The molecule has 0 radical (unpaired) electrons. The van der Waals surface area contributed by atoms with Gasteiger partial charge in [0.1, 0.15) is 0 Å². The molecule has 1 aliphatic rings. The van der Waals surface area contributed by atoms with Crippen molar-refractivity contribution in [1.82, 2.24) is 29.4 Å². The Morgan fingerprint density at radius 3 is 2.63 bits per heavy atom. The molecule has 35 heavy (non-hydrogen) atoms. The van der Waals surface area contributed by atoms with E-state index in [1.807, 2.05) is 50.6 Å². The predicted molar refractivity (Wildman–Crippen MR) is 135 cm³/mol. The van der Waals surface area contributed by atoms with Crippen molar-refractivity contribution in [1.29, 1.82) is 0 Å². The highest BCUT2D eigenvalue weighted by Gasteiger charge is 2.32. The van der Waals surface area contributed by atoms with Crippen LogP contribution in [0.5, 0.6) is 0 Å². The van der Waals surface area contributed by atoms with Crippen LogP contribution in [0.25, 0.3) is 17.2 Å². The summed E-state index contributed by atoms with van der Waals surface area (Å²) in [5.74, 6) is 1.82. The predicted octanol–water partition coefficient (Wildman–Crippen LogP) is 2.93. The fourth-order valence-electron chi connectivity index (χ4n) is 4.57. The molecular formula is C26H33N7O2. The molecule has 1 fully saturated rings. The van der Waals surface area contributed by atoms with Crippen LogP contribution in [0.15, 0.2) is 59.3 Å². The molecule has 9 heteroatoms. The molecule has 9 nitrogen and oxygen atoms in total. The van der Waals surface area contributed by atoms with Crippen molar-refractivity contribution < 1.29 is 9.52 Å². The van der Waals surface area contributed by atoms with Crippen LogP contribution in [0.1, 0.15) is 24.0 Å². The van der Waals surface area contributed by atoms with Crippen LogP contribution < -0.4 is 5.32 Å². The Kier molecular flexibility index (Phi) is 6.81. The summed E-state index contributed by atoms with van der Waals surface area (Å²) in [5, 5.41) is 19.2. The summed E-state index contributed by atoms with van der Waals surface area (Å²) in [7, 11) is 4.08. The van der Waals surface area contributed by atoms with E-state index in [1.54, 1.807) is 10.8 Å². The smallest absolute Gasteiger partial charge is 0.225 e. The lowest BCUT2D eigenvalue weighted by Gasteiger charge is -2.38. The number of piperidine rings is 1. The van der Waals surface area contributed by atoms with Gasteiger partial charge in [0.2, 0.25) is 11.8 Å². The fourth-order valence-corrected chi connectivity index (χ4v) is 4.57. The molecule has 0 saturated carbocycles. The van der Waals surface area contributed by atoms with E-state index in [2.05, 4.69) is 32.2 Å². The van der Waals surface area contributed by atoms with Gasteiger partial charge in [0.25, 0.3) is 0 Å². The van der Waals surface area contributed by atoms with Crippen molar-refractivity contribution in [2.45, 2.75) is 31.4 Å². The minimum absolute atomic E-state index is 0.538. The number of aliphatic hydroxyl groups is 1.